The number of rotatable bonds is 10. The predicted octanol–water partition coefficient (Wildman–Crippen LogP) is -0.216. The first-order chi connectivity index (χ1) is 12.1. The van der Waals surface area contributed by atoms with Crippen LogP contribution in [-0.4, -0.2) is 79.6 Å². The molecule has 0 aliphatic carbocycles. The number of nitrogens with two attached hydrogens (primary N) is 1. The lowest BCUT2D eigenvalue weighted by molar-refractivity contribution is -0.154. The van der Waals surface area contributed by atoms with Gasteiger partial charge in [0, 0.05) is 33.3 Å². The fourth-order valence-electron chi connectivity index (χ4n) is 2.11. The van der Waals surface area contributed by atoms with Crippen molar-refractivity contribution in [3.05, 3.63) is 0 Å². The molecule has 0 saturated carbocycles. The van der Waals surface area contributed by atoms with E-state index in [1.165, 1.54) is 0 Å². The minimum Gasteiger partial charge on any atom is -0.400 e. The van der Waals surface area contributed by atoms with Gasteiger partial charge in [0.15, 0.2) is 0 Å². The quantitative estimate of drug-likeness (QED) is 0.338. The fourth-order valence-corrected chi connectivity index (χ4v) is 2.11. The van der Waals surface area contributed by atoms with Crippen LogP contribution in [0.15, 0.2) is 0 Å². The smallest absolute Gasteiger partial charge is 0.219 e. The Labute approximate surface area is 151 Å². The van der Waals surface area contributed by atoms with Gasteiger partial charge in [0.1, 0.15) is 12.2 Å². The summed E-state index contributed by atoms with van der Waals surface area (Å²) in [5.41, 5.74) is 5.34. The number of ether oxygens (including phenoxy) is 2. The van der Waals surface area contributed by atoms with Gasteiger partial charge < -0.3 is 35.8 Å². The second-order valence-electron chi connectivity index (χ2n) is 5.28. The first-order valence-electron chi connectivity index (χ1n) is 9.12. The minimum absolute atomic E-state index is 0.0395. The van der Waals surface area contributed by atoms with Crippen molar-refractivity contribution in [2.24, 2.45) is 5.73 Å². The molecule has 1 amide bonds. The van der Waals surface area contributed by atoms with Crippen molar-refractivity contribution >= 4 is 5.91 Å². The molecule has 1 fully saturated rings. The third-order valence-corrected chi connectivity index (χ3v) is 3.45. The molecule has 0 spiro atoms. The monoisotopic (exact) mass is 366 g/mol. The van der Waals surface area contributed by atoms with Crippen LogP contribution >= 0.6 is 0 Å². The lowest BCUT2D eigenvalue weighted by atomic mass is 10.0. The highest BCUT2D eigenvalue weighted by Gasteiger charge is 2.31. The minimum atomic E-state index is -0.882. The molecule has 6 N–H and O–H groups in total. The molecule has 152 valence electrons. The number of hydrogen-bond acceptors (Lipinski definition) is 7. The second kappa shape index (κ2) is 19.6. The number of carbonyl (C=O) groups excluding carboxylic acids is 1. The van der Waals surface area contributed by atoms with Crippen LogP contribution in [0.5, 0.6) is 0 Å². The summed E-state index contributed by atoms with van der Waals surface area (Å²) in [4.78, 5) is 11.4. The Morgan fingerprint density at radius 2 is 1.92 bits per heavy atom. The van der Waals surface area contributed by atoms with Crippen molar-refractivity contribution in [3.8, 4) is 0 Å². The van der Waals surface area contributed by atoms with E-state index in [-0.39, 0.29) is 12.5 Å². The van der Waals surface area contributed by atoms with E-state index in [9.17, 15) is 15.0 Å². The summed E-state index contributed by atoms with van der Waals surface area (Å²) in [5.74, 6) is 0.0395. The van der Waals surface area contributed by atoms with Crippen molar-refractivity contribution in [1.29, 1.82) is 0 Å². The van der Waals surface area contributed by atoms with Crippen LogP contribution in [0, 0.1) is 0 Å². The van der Waals surface area contributed by atoms with Gasteiger partial charge in [-0.1, -0.05) is 13.8 Å². The SMILES string of the molecule is CC.CO.NCCCNC(=O)CCCCOCC1OCCC(O)C1O. The second-order valence-corrected chi connectivity index (χ2v) is 5.28. The zero-order valence-electron chi connectivity index (χ0n) is 15.9. The summed E-state index contributed by atoms with van der Waals surface area (Å²) in [6.45, 7) is 6.43. The topological polar surface area (TPSA) is 134 Å². The summed E-state index contributed by atoms with van der Waals surface area (Å²) < 4.78 is 10.8. The highest BCUT2D eigenvalue weighted by Crippen LogP contribution is 2.15. The van der Waals surface area contributed by atoms with Gasteiger partial charge in [-0.25, -0.2) is 0 Å². The lowest BCUT2D eigenvalue weighted by Gasteiger charge is -2.31. The van der Waals surface area contributed by atoms with Crippen LogP contribution in [-0.2, 0) is 14.3 Å². The molecule has 1 heterocycles. The number of unbranched alkanes of at least 4 members (excludes halogenated alkanes) is 1. The van der Waals surface area contributed by atoms with Crippen LogP contribution in [0.1, 0.15) is 46.0 Å². The first kappa shape index (κ1) is 26.5. The summed E-state index contributed by atoms with van der Waals surface area (Å²) >= 11 is 0. The van der Waals surface area contributed by atoms with Crippen molar-refractivity contribution in [2.45, 2.75) is 64.3 Å². The van der Waals surface area contributed by atoms with Crippen molar-refractivity contribution in [3.63, 3.8) is 0 Å². The highest BCUT2D eigenvalue weighted by molar-refractivity contribution is 5.75. The molecule has 8 nitrogen and oxygen atoms in total. The van der Waals surface area contributed by atoms with Crippen LogP contribution in [0.3, 0.4) is 0 Å². The molecular formula is C17H38N2O6. The molecule has 0 bridgehead atoms. The van der Waals surface area contributed by atoms with Gasteiger partial charge in [0.25, 0.3) is 0 Å². The first-order valence-corrected chi connectivity index (χ1v) is 9.12. The predicted molar refractivity (Wildman–Crippen MR) is 97.2 cm³/mol. The zero-order chi connectivity index (χ0) is 19.5. The van der Waals surface area contributed by atoms with Crippen molar-refractivity contribution < 1.29 is 29.6 Å². The fraction of sp³-hybridized carbons (Fsp3) is 0.941. The van der Waals surface area contributed by atoms with Crippen LogP contribution in [0.4, 0.5) is 0 Å². The van der Waals surface area contributed by atoms with E-state index in [0.717, 1.165) is 26.4 Å². The summed E-state index contributed by atoms with van der Waals surface area (Å²) in [6, 6.07) is 0. The van der Waals surface area contributed by atoms with E-state index >= 15 is 0 Å². The molecule has 0 aromatic carbocycles. The molecule has 25 heavy (non-hydrogen) atoms. The maximum atomic E-state index is 11.4. The van der Waals surface area contributed by atoms with Gasteiger partial charge in [-0.15, -0.1) is 0 Å². The number of hydrogen-bond donors (Lipinski definition) is 5. The highest BCUT2D eigenvalue weighted by atomic mass is 16.5. The third-order valence-electron chi connectivity index (χ3n) is 3.45. The van der Waals surface area contributed by atoms with Gasteiger partial charge in [-0.2, -0.15) is 0 Å². The molecule has 8 heteroatoms. The zero-order valence-corrected chi connectivity index (χ0v) is 15.9. The molecule has 0 aromatic rings. The van der Waals surface area contributed by atoms with Crippen molar-refractivity contribution in [2.75, 3.05) is 40.0 Å². The Morgan fingerprint density at radius 1 is 1.24 bits per heavy atom. The molecule has 1 aliphatic heterocycles. The third kappa shape index (κ3) is 14.1. The number of carbonyl (C=O) groups is 1. The van der Waals surface area contributed by atoms with E-state index in [1.54, 1.807) is 0 Å². The Bertz CT molecular complexity index is 294. The van der Waals surface area contributed by atoms with E-state index in [1.807, 2.05) is 13.8 Å². The summed E-state index contributed by atoms with van der Waals surface area (Å²) in [6.07, 6.45) is 1.18. The molecule has 0 radical (unpaired) electrons. The average molecular weight is 366 g/mol. The largest absolute Gasteiger partial charge is 0.400 e. The van der Waals surface area contributed by atoms with E-state index in [2.05, 4.69) is 5.32 Å². The van der Waals surface area contributed by atoms with E-state index < -0.39 is 18.3 Å². The van der Waals surface area contributed by atoms with Gasteiger partial charge in [-0.05, 0) is 32.2 Å². The standard InChI is InChI=1S/C14H28N2O5.C2H6.CH4O/c15-6-3-7-16-13(18)4-1-2-8-20-10-12-14(19)11(17)5-9-21-12;2*1-2/h11-12,14,17,19H,1-10,15H2,(H,16,18);1-2H3;2H,1H3. The normalized spacial score (nSPS) is 22.1. The molecule has 3 unspecified atom stereocenters. The van der Waals surface area contributed by atoms with Crippen LogP contribution in [0.25, 0.3) is 0 Å². The molecule has 1 aliphatic rings. The molecule has 1 saturated heterocycles. The number of aliphatic hydroxyl groups is 3. The molecule has 3 atom stereocenters. The number of nitrogens with one attached hydrogen (secondary N) is 1. The van der Waals surface area contributed by atoms with E-state index in [4.69, 9.17) is 20.3 Å². The summed E-state index contributed by atoms with van der Waals surface area (Å²) in [7, 11) is 1.00. The molecule has 1 rings (SSSR count). The Balaban J connectivity index is 0. The number of aliphatic hydroxyl groups excluding tert-OH is 3. The van der Waals surface area contributed by atoms with Gasteiger partial charge in [0.05, 0.1) is 12.7 Å². The average Bonchev–Trinajstić information content (AvgIpc) is 2.65. The maximum Gasteiger partial charge on any atom is 0.219 e. The van der Waals surface area contributed by atoms with Crippen LogP contribution < -0.4 is 11.1 Å². The van der Waals surface area contributed by atoms with E-state index in [0.29, 0.717) is 39.1 Å². The Morgan fingerprint density at radius 3 is 2.56 bits per heavy atom. The summed E-state index contributed by atoms with van der Waals surface area (Å²) in [5, 5.41) is 29.0. The Kier molecular flexibility index (Phi) is 20.7. The maximum absolute atomic E-state index is 11.4. The molecular weight excluding hydrogens is 328 g/mol. The van der Waals surface area contributed by atoms with Gasteiger partial charge in [-0.3, -0.25) is 4.79 Å². The van der Waals surface area contributed by atoms with Crippen molar-refractivity contribution in [1.82, 2.24) is 5.32 Å². The van der Waals surface area contributed by atoms with Gasteiger partial charge >= 0.3 is 0 Å². The van der Waals surface area contributed by atoms with Crippen LogP contribution in [0.2, 0.25) is 0 Å². The number of amides is 1. The Hall–Kier alpha value is -0.770. The molecule has 0 aromatic heterocycles. The van der Waals surface area contributed by atoms with Gasteiger partial charge in [0.2, 0.25) is 5.91 Å². The lowest BCUT2D eigenvalue weighted by Crippen LogP contribution is -2.46.